The smallest absolute Gasteiger partial charge is 0.136 e. The summed E-state index contributed by atoms with van der Waals surface area (Å²) in [5.74, 6) is 1.15. The lowest BCUT2D eigenvalue weighted by molar-refractivity contribution is 0.369. The van der Waals surface area contributed by atoms with Gasteiger partial charge in [-0.25, -0.2) is 4.98 Å². The maximum Gasteiger partial charge on any atom is 0.136 e. The highest BCUT2D eigenvalue weighted by atomic mass is 15.2. The monoisotopic (exact) mass is 339 g/mol. The van der Waals surface area contributed by atoms with Gasteiger partial charge in [0.2, 0.25) is 0 Å². The Bertz CT molecular complexity index is 736. The molecule has 2 fully saturated rings. The second-order valence-electron chi connectivity index (χ2n) is 7.86. The quantitative estimate of drug-likeness (QED) is 0.876. The summed E-state index contributed by atoms with van der Waals surface area (Å²) in [6.45, 7) is 6.54. The van der Waals surface area contributed by atoms with Crippen LogP contribution in [0, 0.1) is 5.41 Å². The van der Waals surface area contributed by atoms with Crippen molar-refractivity contribution >= 4 is 22.3 Å². The first kappa shape index (κ1) is 16.6. The van der Waals surface area contributed by atoms with Crippen LogP contribution in [0.5, 0.6) is 0 Å². The topological polar surface area (TPSA) is 43.4 Å². The van der Waals surface area contributed by atoms with Gasteiger partial charge in [0, 0.05) is 60.8 Å². The average molecular weight is 339 g/mol. The Hall–Kier alpha value is -1.85. The summed E-state index contributed by atoms with van der Waals surface area (Å²) in [4.78, 5) is 9.46. The van der Waals surface area contributed by atoms with E-state index in [0.29, 0.717) is 5.41 Å². The zero-order valence-corrected chi connectivity index (χ0v) is 15.4. The second-order valence-corrected chi connectivity index (χ2v) is 7.86. The maximum absolute atomic E-state index is 4.76. The van der Waals surface area contributed by atoms with E-state index in [2.05, 4.69) is 58.8 Å². The van der Waals surface area contributed by atoms with Crippen LogP contribution in [0.25, 0.3) is 10.8 Å². The largest absolute Gasteiger partial charge is 0.383 e. The van der Waals surface area contributed by atoms with Gasteiger partial charge in [0.05, 0.1) is 0 Å². The van der Waals surface area contributed by atoms with Crippen molar-refractivity contribution in [2.45, 2.75) is 12.8 Å². The third-order valence-electron chi connectivity index (χ3n) is 5.73. The summed E-state index contributed by atoms with van der Waals surface area (Å²) in [6, 6.07) is 8.68. The second kappa shape index (κ2) is 6.81. The minimum Gasteiger partial charge on any atom is -0.383 e. The van der Waals surface area contributed by atoms with Crippen molar-refractivity contribution in [3.8, 4) is 0 Å². The molecule has 2 saturated heterocycles. The Morgan fingerprint density at radius 2 is 2.16 bits per heavy atom. The molecule has 25 heavy (non-hydrogen) atoms. The van der Waals surface area contributed by atoms with Crippen LogP contribution in [0.3, 0.4) is 0 Å². The molecule has 134 valence electrons. The Balaban J connectivity index is 1.60. The van der Waals surface area contributed by atoms with Gasteiger partial charge in [-0.3, -0.25) is 0 Å². The van der Waals surface area contributed by atoms with E-state index in [9.17, 15) is 0 Å². The minimum absolute atomic E-state index is 0.464. The van der Waals surface area contributed by atoms with Gasteiger partial charge in [0.1, 0.15) is 5.82 Å². The highest BCUT2D eigenvalue weighted by molar-refractivity contribution is 6.00. The van der Waals surface area contributed by atoms with Crippen LogP contribution in [-0.4, -0.2) is 63.2 Å². The first-order valence-corrected chi connectivity index (χ1v) is 9.39. The van der Waals surface area contributed by atoms with E-state index >= 15 is 0 Å². The van der Waals surface area contributed by atoms with E-state index in [-0.39, 0.29) is 0 Å². The minimum atomic E-state index is 0.464. The van der Waals surface area contributed by atoms with Crippen molar-refractivity contribution in [3.63, 3.8) is 0 Å². The molecular weight excluding hydrogens is 310 g/mol. The molecule has 1 unspecified atom stereocenters. The summed E-state index contributed by atoms with van der Waals surface area (Å²) in [6.07, 6.45) is 4.54. The normalized spacial score (nSPS) is 23.2. The zero-order chi connectivity index (χ0) is 17.3. The molecule has 0 aliphatic carbocycles. The van der Waals surface area contributed by atoms with E-state index in [0.717, 1.165) is 45.1 Å². The Morgan fingerprint density at radius 3 is 2.96 bits per heavy atom. The van der Waals surface area contributed by atoms with Crippen LogP contribution in [0.4, 0.5) is 11.5 Å². The standard InChI is InChI=1S/C20H29N5/c1-24(2)13-11-22-18-5-3-4-17-16(18)6-9-23-19(17)25-12-8-20(15-25)7-10-21-14-20/h3-6,9,21-22H,7-8,10-15H2,1-2H3. The molecule has 0 radical (unpaired) electrons. The number of nitrogens with one attached hydrogen (secondary N) is 2. The highest BCUT2D eigenvalue weighted by Gasteiger charge is 2.41. The Labute approximate surface area is 150 Å². The predicted octanol–water partition coefficient (Wildman–Crippen LogP) is 2.40. The first-order chi connectivity index (χ1) is 12.2. The lowest BCUT2D eigenvalue weighted by Gasteiger charge is -2.24. The maximum atomic E-state index is 4.76. The molecule has 2 aliphatic rings. The third-order valence-corrected chi connectivity index (χ3v) is 5.73. The van der Waals surface area contributed by atoms with Crippen LogP contribution in [0.15, 0.2) is 30.5 Å². The SMILES string of the molecule is CN(C)CCNc1cccc2c(N3CCC4(CCNC4)C3)nccc12. The van der Waals surface area contributed by atoms with Gasteiger partial charge in [0.15, 0.2) is 0 Å². The van der Waals surface area contributed by atoms with Crippen LogP contribution in [0.1, 0.15) is 12.8 Å². The molecule has 1 aromatic carbocycles. The zero-order valence-electron chi connectivity index (χ0n) is 15.4. The number of hydrogen-bond donors (Lipinski definition) is 2. The molecule has 1 spiro atoms. The Morgan fingerprint density at radius 1 is 1.24 bits per heavy atom. The number of fused-ring (bicyclic) bond motifs is 1. The van der Waals surface area contributed by atoms with Gasteiger partial charge in [-0.15, -0.1) is 0 Å². The summed E-state index contributed by atoms with van der Waals surface area (Å²) in [5, 5.41) is 9.67. The van der Waals surface area contributed by atoms with Gasteiger partial charge >= 0.3 is 0 Å². The van der Waals surface area contributed by atoms with E-state index in [1.54, 1.807) is 0 Å². The van der Waals surface area contributed by atoms with Crippen LogP contribution >= 0.6 is 0 Å². The van der Waals surface area contributed by atoms with E-state index in [4.69, 9.17) is 4.98 Å². The fourth-order valence-corrected chi connectivity index (χ4v) is 4.27. The van der Waals surface area contributed by atoms with Crippen molar-refractivity contribution in [3.05, 3.63) is 30.5 Å². The van der Waals surface area contributed by atoms with Gasteiger partial charge in [-0.2, -0.15) is 0 Å². The first-order valence-electron chi connectivity index (χ1n) is 9.39. The summed E-state index contributed by atoms with van der Waals surface area (Å²) >= 11 is 0. The fraction of sp³-hybridized carbons (Fsp3) is 0.550. The van der Waals surface area contributed by atoms with Crippen molar-refractivity contribution in [1.29, 1.82) is 0 Å². The highest BCUT2D eigenvalue weighted by Crippen LogP contribution is 2.40. The molecule has 4 rings (SSSR count). The molecule has 0 bridgehead atoms. The van der Waals surface area contributed by atoms with Gasteiger partial charge < -0.3 is 20.4 Å². The number of nitrogens with zero attached hydrogens (tertiary/aromatic N) is 3. The summed E-state index contributed by atoms with van der Waals surface area (Å²) < 4.78 is 0. The molecule has 3 heterocycles. The fourth-order valence-electron chi connectivity index (χ4n) is 4.27. The molecule has 1 aromatic heterocycles. The number of aromatic nitrogens is 1. The van der Waals surface area contributed by atoms with Gasteiger partial charge in [0.25, 0.3) is 0 Å². The van der Waals surface area contributed by atoms with E-state index in [1.807, 2.05) is 6.20 Å². The lowest BCUT2D eigenvalue weighted by atomic mass is 9.86. The molecule has 5 heteroatoms. The third kappa shape index (κ3) is 3.31. The molecule has 2 aliphatic heterocycles. The molecule has 0 amide bonds. The number of rotatable bonds is 5. The molecule has 2 N–H and O–H groups in total. The predicted molar refractivity (Wildman–Crippen MR) is 106 cm³/mol. The molecule has 0 saturated carbocycles. The van der Waals surface area contributed by atoms with Crippen LogP contribution < -0.4 is 15.5 Å². The molecule has 1 atom stereocenters. The van der Waals surface area contributed by atoms with E-state index in [1.165, 1.54) is 29.3 Å². The Kier molecular flexibility index (Phi) is 4.52. The van der Waals surface area contributed by atoms with Crippen molar-refractivity contribution in [2.75, 3.05) is 63.6 Å². The number of likely N-dealkylation sites (N-methyl/N-ethyl adjacent to an activating group) is 1. The van der Waals surface area contributed by atoms with Crippen LogP contribution in [0.2, 0.25) is 0 Å². The summed E-state index contributed by atoms with van der Waals surface area (Å²) in [7, 11) is 4.21. The average Bonchev–Trinajstić information content (AvgIpc) is 3.24. The van der Waals surface area contributed by atoms with E-state index < -0.39 is 0 Å². The van der Waals surface area contributed by atoms with Crippen molar-refractivity contribution in [1.82, 2.24) is 15.2 Å². The van der Waals surface area contributed by atoms with Crippen LogP contribution in [-0.2, 0) is 0 Å². The number of hydrogen-bond acceptors (Lipinski definition) is 5. The number of benzene rings is 1. The summed E-state index contributed by atoms with van der Waals surface area (Å²) in [5.41, 5.74) is 1.67. The molecule has 2 aromatic rings. The molecular formula is C20H29N5. The van der Waals surface area contributed by atoms with Crippen molar-refractivity contribution in [2.24, 2.45) is 5.41 Å². The lowest BCUT2D eigenvalue weighted by Crippen LogP contribution is -2.29. The number of anilines is 2. The molecule has 5 nitrogen and oxygen atoms in total. The van der Waals surface area contributed by atoms with Gasteiger partial charge in [-0.05, 0) is 45.6 Å². The number of pyridine rings is 1. The van der Waals surface area contributed by atoms with Crippen molar-refractivity contribution < 1.29 is 0 Å². The van der Waals surface area contributed by atoms with Gasteiger partial charge in [-0.1, -0.05) is 12.1 Å².